The van der Waals surface area contributed by atoms with Crippen LogP contribution in [0.25, 0.3) is 0 Å². The van der Waals surface area contributed by atoms with Crippen LogP contribution in [0.1, 0.15) is 41.5 Å². The molecule has 0 aromatic rings. The Morgan fingerprint density at radius 1 is 1.06 bits per heavy atom. The standard InChI is InChI=1S/C13H23N5/c1-12(2,3)17-8-18(13(4,5)6)11-9(10(17)14)7-15-16-11/h7H,8,14H2,1-6H3. The SMILES string of the molecule is CC(C)(C)N1CN(C(C)(C)C)C(N)=C2C=NN=C21. The topological polar surface area (TPSA) is 57.2 Å². The smallest absolute Gasteiger partial charge is 0.165 e. The molecule has 0 aromatic heterocycles. The third kappa shape index (κ3) is 1.98. The summed E-state index contributed by atoms with van der Waals surface area (Å²) in [5.74, 6) is 1.66. The lowest BCUT2D eigenvalue weighted by atomic mass is 9.99. The number of rotatable bonds is 0. The fourth-order valence-corrected chi connectivity index (χ4v) is 2.17. The molecular formula is C13H23N5. The number of nitrogens with zero attached hydrogens (tertiary/aromatic N) is 4. The number of fused-ring (bicyclic) bond motifs is 1. The lowest BCUT2D eigenvalue weighted by Crippen LogP contribution is -2.59. The molecule has 2 N–H and O–H groups in total. The van der Waals surface area contributed by atoms with Crippen LogP contribution < -0.4 is 5.73 Å². The molecule has 2 heterocycles. The highest BCUT2D eigenvalue weighted by Gasteiger charge is 2.39. The summed E-state index contributed by atoms with van der Waals surface area (Å²) in [6, 6.07) is 0. The highest BCUT2D eigenvalue weighted by Crippen LogP contribution is 2.30. The van der Waals surface area contributed by atoms with E-state index in [0.29, 0.717) is 0 Å². The zero-order valence-electron chi connectivity index (χ0n) is 12.2. The molecule has 2 rings (SSSR count). The van der Waals surface area contributed by atoms with Gasteiger partial charge in [-0.2, -0.15) is 5.10 Å². The molecule has 0 bridgehead atoms. The molecule has 0 radical (unpaired) electrons. The van der Waals surface area contributed by atoms with Crippen molar-refractivity contribution in [1.29, 1.82) is 0 Å². The summed E-state index contributed by atoms with van der Waals surface area (Å²) < 4.78 is 0. The minimum atomic E-state index is -0.0253. The monoisotopic (exact) mass is 249 g/mol. The molecular weight excluding hydrogens is 226 g/mol. The van der Waals surface area contributed by atoms with Gasteiger partial charge in [-0.15, -0.1) is 5.10 Å². The normalized spacial score (nSPS) is 20.4. The van der Waals surface area contributed by atoms with Gasteiger partial charge >= 0.3 is 0 Å². The Kier molecular flexibility index (Phi) is 2.68. The van der Waals surface area contributed by atoms with Gasteiger partial charge in [0, 0.05) is 11.1 Å². The summed E-state index contributed by atoms with van der Waals surface area (Å²) in [7, 11) is 0. The van der Waals surface area contributed by atoms with E-state index < -0.39 is 0 Å². The fourth-order valence-electron chi connectivity index (χ4n) is 2.17. The predicted molar refractivity (Wildman–Crippen MR) is 75.2 cm³/mol. The van der Waals surface area contributed by atoms with Crippen LogP contribution in [0.3, 0.4) is 0 Å². The van der Waals surface area contributed by atoms with E-state index in [-0.39, 0.29) is 11.1 Å². The van der Waals surface area contributed by atoms with E-state index in [4.69, 9.17) is 5.73 Å². The van der Waals surface area contributed by atoms with Crippen LogP contribution in [-0.4, -0.2) is 39.6 Å². The first-order valence-corrected chi connectivity index (χ1v) is 6.29. The highest BCUT2D eigenvalue weighted by atomic mass is 15.5. The van der Waals surface area contributed by atoms with Gasteiger partial charge in [-0.3, -0.25) is 0 Å². The Bertz CT molecular complexity index is 445. The Labute approximate surface area is 109 Å². The molecule has 100 valence electrons. The van der Waals surface area contributed by atoms with E-state index in [9.17, 15) is 0 Å². The van der Waals surface area contributed by atoms with Gasteiger partial charge in [-0.1, -0.05) is 0 Å². The molecule has 0 amide bonds. The van der Waals surface area contributed by atoms with Crippen molar-refractivity contribution in [3.63, 3.8) is 0 Å². The summed E-state index contributed by atoms with van der Waals surface area (Å²) in [5, 5.41) is 8.24. The van der Waals surface area contributed by atoms with E-state index in [0.717, 1.165) is 23.9 Å². The highest BCUT2D eigenvalue weighted by molar-refractivity contribution is 6.18. The van der Waals surface area contributed by atoms with Gasteiger partial charge in [-0.05, 0) is 41.5 Å². The fraction of sp³-hybridized carbons (Fsp3) is 0.692. The van der Waals surface area contributed by atoms with Gasteiger partial charge in [0.2, 0.25) is 0 Å². The summed E-state index contributed by atoms with van der Waals surface area (Å²) >= 11 is 0. The minimum absolute atomic E-state index is 0.0119. The Morgan fingerprint density at radius 2 is 1.61 bits per heavy atom. The molecule has 2 aliphatic heterocycles. The number of hydrogen-bond donors (Lipinski definition) is 1. The third-order valence-corrected chi connectivity index (χ3v) is 3.30. The van der Waals surface area contributed by atoms with Crippen molar-refractivity contribution >= 4 is 12.1 Å². The van der Waals surface area contributed by atoms with Crippen molar-refractivity contribution in [2.75, 3.05) is 6.67 Å². The van der Waals surface area contributed by atoms with E-state index in [2.05, 4.69) is 61.5 Å². The Balaban J connectivity index is 2.49. The average molecular weight is 249 g/mol. The van der Waals surface area contributed by atoms with Crippen molar-refractivity contribution in [3.8, 4) is 0 Å². The van der Waals surface area contributed by atoms with Gasteiger partial charge in [0.1, 0.15) is 5.82 Å². The van der Waals surface area contributed by atoms with E-state index in [1.165, 1.54) is 0 Å². The first-order valence-electron chi connectivity index (χ1n) is 6.29. The van der Waals surface area contributed by atoms with Crippen LogP contribution in [0, 0.1) is 0 Å². The maximum atomic E-state index is 6.26. The van der Waals surface area contributed by atoms with Gasteiger partial charge in [0.15, 0.2) is 5.84 Å². The molecule has 0 aliphatic carbocycles. The second-order valence-corrected chi connectivity index (χ2v) is 6.81. The molecule has 0 unspecified atom stereocenters. The second kappa shape index (κ2) is 3.73. The molecule has 0 saturated carbocycles. The number of amidine groups is 1. The Morgan fingerprint density at radius 3 is 2.11 bits per heavy atom. The van der Waals surface area contributed by atoms with Crippen LogP contribution in [0.2, 0.25) is 0 Å². The van der Waals surface area contributed by atoms with Crippen LogP contribution >= 0.6 is 0 Å². The maximum Gasteiger partial charge on any atom is 0.165 e. The molecule has 0 atom stereocenters. The molecule has 0 spiro atoms. The number of nitrogens with two attached hydrogens (primary N) is 1. The molecule has 5 heteroatoms. The van der Waals surface area contributed by atoms with Crippen LogP contribution in [0.4, 0.5) is 0 Å². The quantitative estimate of drug-likeness (QED) is 0.711. The zero-order chi connectivity index (χ0) is 13.7. The van der Waals surface area contributed by atoms with Crippen LogP contribution in [-0.2, 0) is 0 Å². The van der Waals surface area contributed by atoms with Gasteiger partial charge < -0.3 is 15.5 Å². The van der Waals surface area contributed by atoms with E-state index in [1.54, 1.807) is 6.21 Å². The largest absolute Gasteiger partial charge is 0.385 e. The molecule has 0 aromatic carbocycles. The van der Waals surface area contributed by atoms with Crippen molar-refractivity contribution in [2.24, 2.45) is 15.9 Å². The van der Waals surface area contributed by atoms with Crippen LogP contribution in [0.15, 0.2) is 21.6 Å². The van der Waals surface area contributed by atoms with E-state index >= 15 is 0 Å². The average Bonchev–Trinajstić information content (AvgIpc) is 2.62. The van der Waals surface area contributed by atoms with Gasteiger partial charge in [0.05, 0.1) is 18.5 Å². The van der Waals surface area contributed by atoms with Gasteiger partial charge in [-0.25, -0.2) is 0 Å². The first-order chi connectivity index (χ1) is 8.12. The third-order valence-electron chi connectivity index (χ3n) is 3.30. The maximum absolute atomic E-state index is 6.26. The predicted octanol–water partition coefficient (Wildman–Crippen LogP) is 1.73. The van der Waals surface area contributed by atoms with Crippen molar-refractivity contribution < 1.29 is 0 Å². The zero-order valence-corrected chi connectivity index (χ0v) is 12.2. The summed E-state index contributed by atoms with van der Waals surface area (Å²) in [5.41, 5.74) is 7.16. The summed E-state index contributed by atoms with van der Waals surface area (Å²) in [6.07, 6.45) is 1.75. The van der Waals surface area contributed by atoms with Crippen molar-refractivity contribution in [1.82, 2.24) is 9.80 Å². The number of hydrogen-bond acceptors (Lipinski definition) is 5. The molecule has 2 aliphatic rings. The molecule has 18 heavy (non-hydrogen) atoms. The second-order valence-electron chi connectivity index (χ2n) is 6.81. The molecule has 0 fully saturated rings. The first kappa shape index (κ1) is 12.9. The lowest BCUT2D eigenvalue weighted by Gasteiger charge is -2.49. The molecule has 5 nitrogen and oxygen atoms in total. The van der Waals surface area contributed by atoms with E-state index in [1.807, 2.05) is 0 Å². The van der Waals surface area contributed by atoms with Gasteiger partial charge in [0.25, 0.3) is 0 Å². The molecule has 0 saturated heterocycles. The summed E-state index contributed by atoms with van der Waals surface area (Å²) in [4.78, 5) is 4.45. The lowest BCUT2D eigenvalue weighted by molar-refractivity contribution is 0.0759. The Hall–Kier alpha value is -1.52. The van der Waals surface area contributed by atoms with Crippen LogP contribution in [0.5, 0.6) is 0 Å². The van der Waals surface area contributed by atoms with Crippen molar-refractivity contribution in [2.45, 2.75) is 52.6 Å². The van der Waals surface area contributed by atoms with Crippen molar-refractivity contribution in [3.05, 3.63) is 11.4 Å². The minimum Gasteiger partial charge on any atom is -0.385 e. The summed E-state index contributed by atoms with van der Waals surface area (Å²) in [6.45, 7) is 13.8.